The molecule has 0 aliphatic rings. The summed E-state index contributed by atoms with van der Waals surface area (Å²) in [6.07, 6.45) is 0.434. The molecule has 0 aliphatic heterocycles. The molecule has 0 bridgehead atoms. The summed E-state index contributed by atoms with van der Waals surface area (Å²) in [6, 6.07) is 29.5. The summed E-state index contributed by atoms with van der Waals surface area (Å²) in [5.74, 6) is 0.139. The minimum Gasteiger partial charge on any atom is -0.489 e. The Hall–Kier alpha value is -3.93. The number of ether oxygens (including phenoxy) is 2. The zero-order valence-electron chi connectivity index (χ0n) is 20.9. The van der Waals surface area contributed by atoms with Gasteiger partial charge in [0.1, 0.15) is 36.0 Å². The van der Waals surface area contributed by atoms with Crippen molar-refractivity contribution in [2.24, 2.45) is 0 Å². The van der Waals surface area contributed by atoms with Crippen LogP contribution >= 0.6 is 7.91 Å². The third kappa shape index (κ3) is 8.04. The van der Waals surface area contributed by atoms with Gasteiger partial charge in [0.2, 0.25) is 0 Å². The number of Topliss-reactive ketones (excluding diaryl/α,β-unsaturated/α-hetero) is 1. The highest BCUT2D eigenvalue weighted by Gasteiger charge is 2.27. The van der Waals surface area contributed by atoms with Crippen LogP contribution in [0.15, 0.2) is 97.1 Å². The zero-order chi connectivity index (χ0) is 27.0. The molecule has 1 atom stereocenters. The van der Waals surface area contributed by atoms with Crippen LogP contribution in [0.1, 0.15) is 39.0 Å². The Labute approximate surface area is 221 Å². The van der Waals surface area contributed by atoms with E-state index in [2.05, 4.69) is 4.52 Å². The Morgan fingerprint density at radius 2 is 1.34 bits per heavy atom. The van der Waals surface area contributed by atoms with Gasteiger partial charge in [-0.1, -0.05) is 72.8 Å². The van der Waals surface area contributed by atoms with E-state index in [1.54, 1.807) is 13.0 Å². The molecule has 0 amide bonds. The first kappa shape index (κ1) is 27.1. The number of rotatable bonds is 12. The topological polar surface area (TPSA) is 82.1 Å². The van der Waals surface area contributed by atoms with Crippen LogP contribution in [-0.4, -0.2) is 10.7 Å². The van der Waals surface area contributed by atoms with E-state index in [-0.39, 0.29) is 30.1 Å². The number of aryl methyl sites for hydroxylation is 2. The minimum absolute atomic E-state index is 0.0490. The maximum atomic E-state index is 13.6. The van der Waals surface area contributed by atoms with E-state index in [0.717, 1.165) is 16.7 Å². The SMILES string of the molecule is Cc1cc(OCc2ccccc2)c(C(=O)CCc2ccc(OCc3ccccc3)cc2)c(OP(=O)(O)F)c1. The first-order valence-electron chi connectivity index (χ1n) is 12.1. The van der Waals surface area contributed by atoms with Gasteiger partial charge < -0.3 is 14.0 Å². The van der Waals surface area contributed by atoms with E-state index < -0.39 is 13.7 Å². The summed E-state index contributed by atoms with van der Waals surface area (Å²) in [5, 5.41) is 0. The lowest BCUT2D eigenvalue weighted by atomic mass is 10.00. The number of carbonyl (C=O) groups is 1. The van der Waals surface area contributed by atoms with E-state index in [0.29, 0.717) is 24.3 Å². The molecule has 0 saturated carbocycles. The van der Waals surface area contributed by atoms with Crippen molar-refractivity contribution in [1.82, 2.24) is 0 Å². The van der Waals surface area contributed by atoms with Crippen molar-refractivity contribution in [2.75, 3.05) is 0 Å². The van der Waals surface area contributed by atoms with E-state index in [9.17, 15) is 18.4 Å². The van der Waals surface area contributed by atoms with E-state index in [1.165, 1.54) is 6.07 Å². The average molecular weight is 535 g/mol. The van der Waals surface area contributed by atoms with Gasteiger partial charge in [-0.3, -0.25) is 9.69 Å². The maximum Gasteiger partial charge on any atom is 0.567 e. The Kier molecular flexibility index (Phi) is 8.95. The molecule has 6 nitrogen and oxygen atoms in total. The van der Waals surface area contributed by atoms with Crippen LogP contribution in [-0.2, 0) is 24.2 Å². The fourth-order valence-electron chi connectivity index (χ4n) is 3.91. The van der Waals surface area contributed by atoms with Gasteiger partial charge >= 0.3 is 7.91 Å². The second kappa shape index (κ2) is 12.5. The molecule has 38 heavy (non-hydrogen) atoms. The summed E-state index contributed by atoms with van der Waals surface area (Å²) in [7, 11) is -5.40. The van der Waals surface area contributed by atoms with Crippen LogP contribution < -0.4 is 14.0 Å². The highest BCUT2D eigenvalue weighted by atomic mass is 31.2. The van der Waals surface area contributed by atoms with Crippen molar-refractivity contribution in [1.29, 1.82) is 0 Å². The lowest BCUT2D eigenvalue weighted by Gasteiger charge is -2.17. The molecule has 8 heteroatoms. The largest absolute Gasteiger partial charge is 0.567 e. The Bertz CT molecular complexity index is 1400. The standard InChI is InChI=1S/C30H28FO6P/c1-22-18-28(36-21-25-10-6-3-7-11-25)30(29(19-22)37-38(31,33)34)27(32)17-14-23-12-15-26(16-13-23)35-20-24-8-4-2-5-9-24/h2-13,15-16,18-19H,14,17,20-21H2,1H3,(H,33,34). The van der Waals surface area contributed by atoms with E-state index in [4.69, 9.17) is 9.47 Å². The van der Waals surface area contributed by atoms with Gasteiger partial charge in [0.05, 0.1) is 0 Å². The van der Waals surface area contributed by atoms with Gasteiger partial charge in [-0.25, -0.2) is 4.57 Å². The number of carbonyl (C=O) groups excluding carboxylic acids is 1. The molecule has 196 valence electrons. The van der Waals surface area contributed by atoms with Crippen LogP contribution in [0, 0.1) is 6.92 Å². The molecule has 0 radical (unpaired) electrons. The highest BCUT2D eigenvalue weighted by Crippen LogP contribution is 2.47. The summed E-state index contributed by atoms with van der Waals surface area (Å²) in [4.78, 5) is 22.5. The smallest absolute Gasteiger partial charge is 0.489 e. The van der Waals surface area contributed by atoms with Crippen LogP contribution in [0.25, 0.3) is 0 Å². The number of halogens is 1. The molecule has 4 aromatic carbocycles. The van der Waals surface area contributed by atoms with E-state index in [1.807, 2.05) is 84.9 Å². The van der Waals surface area contributed by atoms with Crippen molar-refractivity contribution in [3.8, 4) is 17.2 Å². The molecule has 0 aliphatic carbocycles. The number of ketones is 1. The maximum absolute atomic E-state index is 13.6. The predicted molar refractivity (Wildman–Crippen MR) is 143 cm³/mol. The van der Waals surface area contributed by atoms with Crippen molar-refractivity contribution >= 4 is 13.7 Å². The molecule has 1 unspecified atom stereocenters. The average Bonchev–Trinajstić information content (AvgIpc) is 2.90. The quantitative estimate of drug-likeness (QED) is 0.151. The van der Waals surface area contributed by atoms with Crippen molar-refractivity contribution in [2.45, 2.75) is 33.0 Å². The summed E-state index contributed by atoms with van der Waals surface area (Å²) < 4.78 is 41.4. The molecule has 0 heterocycles. The van der Waals surface area contributed by atoms with Crippen molar-refractivity contribution < 1.29 is 32.4 Å². The normalized spacial score (nSPS) is 12.4. The van der Waals surface area contributed by atoms with Crippen LogP contribution in [0.3, 0.4) is 0 Å². The number of benzene rings is 4. The summed E-state index contributed by atoms with van der Waals surface area (Å²) in [5.41, 5.74) is 3.33. The molecule has 0 saturated heterocycles. The fraction of sp³-hybridized carbons (Fsp3) is 0.167. The van der Waals surface area contributed by atoms with Gasteiger partial charge in [-0.2, -0.15) is 0 Å². The molecule has 4 aromatic rings. The first-order chi connectivity index (χ1) is 18.3. The third-order valence-electron chi connectivity index (χ3n) is 5.75. The monoisotopic (exact) mass is 534 g/mol. The fourth-order valence-corrected chi connectivity index (χ4v) is 4.30. The Balaban J connectivity index is 1.47. The number of hydrogen-bond donors (Lipinski definition) is 1. The molecule has 0 spiro atoms. The van der Waals surface area contributed by atoms with Crippen LogP contribution in [0.4, 0.5) is 4.20 Å². The van der Waals surface area contributed by atoms with Crippen molar-refractivity contribution in [3.63, 3.8) is 0 Å². The summed E-state index contributed by atoms with van der Waals surface area (Å²) in [6.45, 7) is 2.29. The molecule has 4 rings (SSSR count). The van der Waals surface area contributed by atoms with Crippen LogP contribution in [0.2, 0.25) is 0 Å². The number of hydrogen-bond acceptors (Lipinski definition) is 5. The van der Waals surface area contributed by atoms with Crippen LogP contribution in [0.5, 0.6) is 17.2 Å². The third-order valence-corrected chi connectivity index (χ3v) is 6.17. The Morgan fingerprint density at radius 3 is 1.92 bits per heavy atom. The second-order valence-electron chi connectivity index (χ2n) is 8.79. The first-order valence-corrected chi connectivity index (χ1v) is 13.6. The lowest BCUT2D eigenvalue weighted by Crippen LogP contribution is -2.09. The zero-order valence-corrected chi connectivity index (χ0v) is 21.8. The van der Waals surface area contributed by atoms with E-state index >= 15 is 0 Å². The molecular weight excluding hydrogens is 506 g/mol. The van der Waals surface area contributed by atoms with Crippen molar-refractivity contribution in [3.05, 3.63) is 125 Å². The lowest BCUT2D eigenvalue weighted by molar-refractivity contribution is 0.0976. The molecule has 0 aromatic heterocycles. The molecular formula is C30H28FO6P. The Morgan fingerprint density at radius 1 is 0.789 bits per heavy atom. The molecule has 0 fully saturated rings. The van der Waals surface area contributed by atoms with Gasteiger partial charge in [0.25, 0.3) is 0 Å². The second-order valence-corrected chi connectivity index (χ2v) is 9.88. The highest BCUT2D eigenvalue weighted by molar-refractivity contribution is 7.47. The predicted octanol–water partition coefficient (Wildman–Crippen LogP) is 7.42. The van der Waals surface area contributed by atoms with Gasteiger partial charge in [0.15, 0.2) is 5.78 Å². The van der Waals surface area contributed by atoms with Gasteiger partial charge in [-0.15, -0.1) is 4.20 Å². The summed E-state index contributed by atoms with van der Waals surface area (Å²) >= 11 is 0. The molecule has 1 N–H and O–H groups in total. The van der Waals surface area contributed by atoms with Gasteiger partial charge in [-0.05, 0) is 59.9 Å². The van der Waals surface area contributed by atoms with Gasteiger partial charge in [0, 0.05) is 6.42 Å². The minimum atomic E-state index is -5.40.